The lowest BCUT2D eigenvalue weighted by Crippen LogP contribution is -2.12. The number of aryl methyl sites for hydroxylation is 1. The van der Waals surface area contributed by atoms with Crippen molar-refractivity contribution < 1.29 is 9.53 Å². The number of hydrogen-bond acceptors (Lipinski definition) is 5. The van der Waals surface area contributed by atoms with Crippen LogP contribution in [0.1, 0.15) is 34.3 Å². The minimum atomic E-state index is -0.179. The molecule has 6 heteroatoms. The van der Waals surface area contributed by atoms with Crippen molar-refractivity contribution in [2.45, 2.75) is 26.4 Å². The van der Waals surface area contributed by atoms with Crippen LogP contribution in [-0.2, 0) is 17.8 Å². The largest absolute Gasteiger partial charge is 0.380 e. The fraction of sp³-hybridized carbons (Fsp3) is 0.357. The molecule has 0 saturated heterocycles. The summed E-state index contributed by atoms with van der Waals surface area (Å²) in [6.07, 6.45) is 1.90. The van der Waals surface area contributed by atoms with Gasteiger partial charge < -0.3 is 4.74 Å². The lowest BCUT2D eigenvalue weighted by molar-refractivity contribution is 0.102. The topological polar surface area (TPSA) is 64.1 Å². The first-order chi connectivity index (χ1) is 9.72. The molecule has 1 N–H and O–H groups in total. The maximum Gasteiger partial charge on any atom is 0.257 e. The van der Waals surface area contributed by atoms with Crippen LogP contribution < -0.4 is 5.32 Å². The molecule has 106 valence electrons. The van der Waals surface area contributed by atoms with Gasteiger partial charge in [-0.05, 0) is 24.1 Å². The number of carbonyl (C=O) groups is 1. The number of carbonyl (C=O) groups excluding carboxylic acids is 1. The second kappa shape index (κ2) is 7.12. The predicted octanol–water partition coefficient (Wildman–Crippen LogP) is 2.89. The Morgan fingerprint density at radius 3 is 3.00 bits per heavy atom. The summed E-state index contributed by atoms with van der Waals surface area (Å²) < 4.78 is 5.06. The average Bonchev–Trinajstić information content (AvgIpc) is 2.87. The number of nitrogens with one attached hydrogen (secondary N) is 1. The minimum absolute atomic E-state index is 0.179. The molecule has 2 rings (SSSR count). The number of rotatable bonds is 6. The molecule has 1 heterocycles. The Morgan fingerprint density at radius 1 is 1.40 bits per heavy atom. The first-order valence-electron chi connectivity index (χ1n) is 6.44. The third-order valence-corrected chi connectivity index (χ3v) is 3.55. The molecule has 0 fully saturated rings. The van der Waals surface area contributed by atoms with Gasteiger partial charge in [-0.2, -0.15) is 0 Å². The van der Waals surface area contributed by atoms with Crippen LogP contribution in [0.5, 0.6) is 0 Å². The Balaban J connectivity index is 2.05. The predicted molar refractivity (Wildman–Crippen MR) is 79.0 cm³/mol. The Bertz CT molecular complexity index is 583. The Hall–Kier alpha value is -1.79. The molecule has 0 aliphatic carbocycles. The number of anilines is 1. The highest BCUT2D eigenvalue weighted by molar-refractivity contribution is 7.15. The van der Waals surface area contributed by atoms with Crippen LogP contribution in [0.25, 0.3) is 0 Å². The number of aromatic nitrogens is 2. The number of hydrogen-bond donors (Lipinski definition) is 1. The van der Waals surface area contributed by atoms with Gasteiger partial charge in [0.25, 0.3) is 5.91 Å². The number of nitrogens with zero attached hydrogens (tertiary/aromatic N) is 2. The molecular weight excluding hydrogens is 274 g/mol. The summed E-state index contributed by atoms with van der Waals surface area (Å²) in [7, 11) is 1.63. The van der Waals surface area contributed by atoms with Gasteiger partial charge >= 0.3 is 0 Å². The zero-order valence-electron chi connectivity index (χ0n) is 11.5. The van der Waals surface area contributed by atoms with Crippen molar-refractivity contribution in [3.05, 3.63) is 40.4 Å². The zero-order valence-corrected chi connectivity index (χ0v) is 12.4. The van der Waals surface area contributed by atoms with E-state index >= 15 is 0 Å². The standard InChI is InChI=1S/C14H17N3O2S/c1-3-5-12-16-17-14(20-12)15-13(18)11-7-4-6-10(8-11)9-19-2/h4,6-8H,3,5,9H2,1-2H3,(H,15,17,18). The number of ether oxygens (including phenoxy) is 1. The van der Waals surface area contributed by atoms with E-state index < -0.39 is 0 Å². The molecule has 5 nitrogen and oxygen atoms in total. The highest BCUT2D eigenvalue weighted by Gasteiger charge is 2.10. The maximum atomic E-state index is 12.1. The molecule has 0 radical (unpaired) electrons. The van der Waals surface area contributed by atoms with E-state index in [1.165, 1.54) is 11.3 Å². The molecule has 0 atom stereocenters. The van der Waals surface area contributed by atoms with Gasteiger partial charge in [-0.15, -0.1) is 10.2 Å². The van der Waals surface area contributed by atoms with E-state index in [-0.39, 0.29) is 5.91 Å². The van der Waals surface area contributed by atoms with Gasteiger partial charge in [-0.1, -0.05) is 30.4 Å². The molecule has 0 aliphatic heterocycles. The van der Waals surface area contributed by atoms with Gasteiger partial charge in [-0.3, -0.25) is 10.1 Å². The highest BCUT2D eigenvalue weighted by atomic mass is 32.1. The molecule has 1 aromatic heterocycles. The van der Waals surface area contributed by atoms with Crippen LogP contribution in [0.2, 0.25) is 0 Å². The van der Waals surface area contributed by atoms with E-state index in [9.17, 15) is 4.79 Å². The average molecular weight is 291 g/mol. The van der Waals surface area contributed by atoms with E-state index in [1.807, 2.05) is 18.2 Å². The van der Waals surface area contributed by atoms with Crippen molar-refractivity contribution in [1.82, 2.24) is 10.2 Å². The summed E-state index contributed by atoms with van der Waals surface area (Å²) in [6, 6.07) is 7.34. The van der Waals surface area contributed by atoms with E-state index in [0.717, 1.165) is 23.4 Å². The fourth-order valence-electron chi connectivity index (χ4n) is 1.76. The van der Waals surface area contributed by atoms with Crippen molar-refractivity contribution >= 4 is 22.4 Å². The molecule has 0 bridgehead atoms. The third-order valence-electron chi connectivity index (χ3n) is 2.65. The first kappa shape index (κ1) is 14.6. The fourth-order valence-corrected chi connectivity index (χ4v) is 2.59. The summed E-state index contributed by atoms with van der Waals surface area (Å²) in [4.78, 5) is 12.1. The third kappa shape index (κ3) is 3.85. The smallest absolute Gasteiger partial charge is 0.257 e. The van der Waals surface area contributed by atoms with Crippen LogP contribution in [0.3, 0.4) is 0 Å². The Morgan fingerprint density at radius 2 is 2.25 bits per heavy atom. The van der Waals surface area contributed by atoms with Gasteiger partial charge in [0, 0.05) is 19.1 Å². The zero-order chi connectivity index (χ0) is 14.4. The minimum Gasteiger partial charge on any atom is -0.380 e. The molecule has 20 heavy (non-hydrogen) atoms. The number of benzene rings is 1. The SMILES string of the molecule is CCCc1nnc(NC(=O)c2cccc(COC)c2)s1. The van der Waals surface area contributed by atoms with Gasteiger partial charge in [0.15, 0.2) is 0 Å². The van der Waals surface area contributed by atoms with Crippen molar-refractivity contribution in [2.75, 3.05) is 12.4 Å². The van der Waals surface area contributed by atoms with Crippen molar-refractivity contribution in [3.63, 3.8) is 0 Å². The number of methoxy groups -OCH3 is 1. The normalized spacial score (nSPS) is 10.5. The summed E-state index contributed by atoms with van der Waals surface area (Å²) in [6.45, 7) is 2.57. The molecule has 0 aliphatic rings. The molecule has 2 aromatic rings. The molecule has 0 saturated carbocycles. The lowest BCUT2D eigenvalue weighted by atomic mass is 10.1. The lowest BCUT2D eigenvalue weighted by Gasteiger charge is -2.04. The summed E-state index contributed by atoms with van der Waals surface area (Å²) in [5.74, 6) is -0.179. The maximum absolute atomic E-state index is 12.1. The van der Waals surface area contributed by atoms with Gasteiger partial charge in [0.1, 0.15) is 5.01 Å². The molecule has 0 spiro atoms. The number of amides is 1. The Labute approximate surface area is 122 Å². The van der Waals surface area contributed by atoms with Crippen LogP contribution in [0.4, 0.5) is 5.13 Å². The summed E-state index contributed by atoms with van der Waals surface area (Å²) in [5.41, 5.74) is 1.55. The van der Waals surface area contributed by atoms with Gasteiger partial charge in [-0.25, -0.2) is 0 Å². The quantitative estimate of drug-likeness (QED) is 0.889. The Kier molecular flexibility index (Phi) is 5.20. The second-order valence-corrected chi connectivity index (χ2v) is 5.40. The van der Waals surface area contributed by atoms with Crippen LogP contribution >= 0.6 is 11.3 Å². The van der Waals surface area contributed by atoms with Crippen LogP contribution in [0, 0.1) is 0 Å². The first-order valence-corrected chi connectivity index (χ1v) is 7.26. The van der Waals surface area contributed by atoms with Crippen LogP contribution in [-0.4, -0.2) is 23.2 Å². The van der Waals surface area contributed by atoms with Crippen molar-refractivity contribution in [1.29, 1.82) is 0 Å². The molecule has 1 aromatic carbocycles. The van der Waals surface area contributed by atoms with Crippen LogP contribution in [0.15, 0.2) is 24.3 Å². The molecule has 0 unspecified atom stereocenters. The van der Waals surface area contributed by atoms with E-state index in [4.69, 9.17) is 4.74 Å². The second-order valence-electron chi connectivity index (χ2n) is 4.34. The van der Waals surface area contributed by atoms with Gasteiger partial charge in [0.2, 0.25) is 5.13 Å². The van der Waals surface area contributed by atoms with Crippen molar-refractivity contribution in [2.24, 2.45) is 0 Å². The molecular formula is C14H17N3O2S. The highest BCUT2D eigenvalue weighted by Crippen LogP contribution is 2.17. The molecule has 1 amide bonds. The van der Waals surface area contributed by atoms with E-state index in [2.05, 4.69) is 22.4 Å². The van der Waals surface area contributed by atoms with Gasteiger partial charge in [0.05, 0.1) is 6.61 Å². The van der Waals surface area contributed by atoms with E-state index in [1.54, 1.807) is 13.2 Å². The van der Waals surface area contributed by atoms with Crippen molar-refractivity contribution in [3.8, 4) is 0 Å². The van der Waals surface area contributed by atoms with E-state index in [0.29, 0.717) is 17.3 Å². The summed E-state index contributed by atoms with van der Waals surface area (Å²) in [5, 5.41) is 12.3. The summed E-state index contributed by atoms with van der Waals surface area (Å²) >= 11 is 1.42. The monoisotopic (exact) mass is 291 g/mol.